The number of nitrogens with one attached hydrogen (secondary N) is 3. The van der Waals surface area contributed by atoms with Crippen molar-refractivity contribution in [3.8, 4) is 0 Å². The molecule has 6 heteroatoms. The maximum Gasteiger partial charge on any atom is 0.191 e. The SMILES string of the molecule is CCNC(=NCCc1c(C)[nH]c2ccccc12)NC(C)Cc1c(C)nn(C)c1C. The molecule has 0 aliphatic rings. The molecular formula is C23H34N6. The highest BCUT2D eigenvalue weighted by molar-refractivity contribution is 5.84. The summed E-state index contributed by atoms with van der Waals surface area (Å²) >= 11 is 0. The van der Waals surface area contributed by atoms with E-state index in [1.54, 1.807) is 0 Å². The monoisotopic (exact) mass is 394 g/mol. The quantitative estimate of drug-likeness (QED) is 0.424. The third-order valence-corrected chi connectivity index (χ3v) is 5.56. The van der Waals surface area contributed by atoms with Gasteiger partial charge in [-0.2, -0.15) is 5.10 Å². The van der Waals surface area contributed by atoms with Crippen molar-refractivity contribution in [3.05, 3.63) is 52.5 Å². The van der Waals surface area contributed by atoms with Crippen LogP contribution in [0.25, 0.3) is 10.9 Å². The maximum atomic E-state index is 4.83. The Balaban J connectivity index is 1.65. The summed E-state index contributed by atoms with van der Waals surface area (Å²) in [6, 6.07) is 8.75. The lowest BCUT2D eigenvalue weighted by molar-refractivity contribution is 0.635. The molecule has 1 aromatic carbocycles. The van der Waals surface area contributed by atoms with Gasteiger partial charge in [0.05, 0.1) is 5.69 Å². The van der Waals surface area contributed by atoms with Crippen molar-refractivity contribution < 1.29 is 0 Å². The van der Waals surface area contributed by atoms with Crippen molar-refractivity contribution in [3.63, 3.8) is 0 Å². The van der Waals surface area contributed by atoms with Gasteiger partial charge >= 0.3 is 0 Å². The number of aryl methyl sites for hydroxylation is 3. The molecule has 3 N–H and O–H groups in total. The van der Waals surface area contributed by atoms with Gasteiger partial charge in [0.1, 0.15) is 0 Å². The number of guanidine groups is 1. The first-order chi connectivity index (χ1) is 13.9. The van der Waals surface area contributed by atoms with E-state index >= 15 is 0 Å². The van der Waals surface area contributed by atoms with Crippen LogP contribution in [0.1, 0.15) is 42.1 Å². The van der Waals surface area contributed by atoms with Crippen LogP contribution < -0.4 is 10.6 Å². The van der Waals surface area contributed by atoms with E-state index in [9.17, 15) is 0 Å². The van der Waals surface area contributed by atoms with Crippen LogP contribution >= 0.6 is 0 Å². The molecule has 0 aliphatic carbocycles. The van der Waals surface area contributed by atoms with Crippen LogP contribution in [-0.4, -0.2) is 39.9 Å². The molecule has 0 spiro atoms. The lowest BCUT2D eigenvalue weighted by atomic mass is 10.1. The number of fused-ring (bicyclic) bond motifs is 1. The summed E-state index contributed by atoms with van der Waals surface area (Å²) in [6.07, 6.45) is 1.85. The summed E-state index contributed by atoms with van der Waals surface area (Å²) < 4.78 is 1.96. The van der Waals surface area contributed by atoms with E-state index in [1.807, 2.05) is 11.7 Å². The Morgan fingerprint density at radius 1 is 1.21 bits per heavy atom. The molecule has 1 atom stereocenters. The molecule has 3 rings (SSSR count). The van der Waals surface area contributed by atoms with Gasteiger partial charge in [-0.3, -0.25) is 9.67 Å². The summed E-state index contributed by atoms with van der Waals surface area (Å²) in [7, 11) is 2.00. The van der Waals surface area contributed by atoms with Gasteiger partial charge in [0, 0.05) is 48.5 Å². The molecule has 6 nitrogen and oxygen atoms in total. The number of aromatic nitrogens is 3. The topological polar surface area (TPSA) is 70.0 Å². The predicted molar refractivity (Wildman–Crippen MR) is 122 cm³/mol. The minimum absolute atomic E-state index is 0.268. The molecule has 2 heterocycles. The molecule has 3 aromatic rings. The number of hydrogen-bond donors (Lipinski definition) is 3. The molecular weight excluding hydrogens is 360 g/mol. The molecule has 0 amide bonds. The maximum absolute atomic E-state index is 4.83. The predicted octanol–water partition coefficient (Wildman–Crippen LogP) is 3.56. The first-order valence-corrected chi connectivity index (χ1v) is 10.5. The van der Waals surface area contributed by atoms with Crippen molar-refractivity contribution in [1.29, 1.82) is 0 Å². The summed E-state index contributed by atoms with van der Waals surface area (Å²) in [4.78, 5) is 8.30. The van der Waals surface area contributed by atoms with Gasteiger partial charge in [0.15, 0.2) is 5.96 Å². The fourth-order valence-electron chi connectivity index (χ4n) is 3.96. The second kappa shape index (κ2) is 9.16. The Hall–Kier alpha value is -2.76. The van der Waals surface area contributed by atoms with Crippen LogP contribution in [0, 0.1) is 20.8 Å². The summed E-state index contributed by atoms with van der Waals surface area (Å²) in [6.45, 7) is 12.2. The molecule has 0 saturated heterocycles. The van der Waals surface area contributed by atoms with Gasteiger partial charge in [-0.25, -0.2) is 0 Å². The van der Waals surface area contributed by atoms with Gasteiger partial charge in [-0.15, -0.1) is 0 Å². The number of rotatable bonds is 7. The molecule has 29 heavy (non-hydrogen) atoms. The highest BCUT2D eigenvalue weighted by Gasteiger charge is 2.14. The van der Waals surface area contributed by atoms with Crippen LogP contribution in [0.5, 0.6) is 0 Å². The van der Waals surface area contributed by atoms with Gasteiger partial charge in [-0.1, -0.05) is 18.2 Å². The number of aliphatic imine (C=N–C) groups is 1. The second-order valence-electron chi connectivity index (χ2n) is 7.81. The first kappa shape index (κ1) is 21.0. The molecule has 0 aliphatic heterocycles. The van der Waals surface area contributed by atoms with Gasteiger partial charge in [-0.05, 0) is 64.7 Å². The third kappa shape index (κ3) is 4.81. The zero-order valence-corrected chi connectivity index (χ0v) is 18.6. The lowest BCUT2D eigenvalue weighted by Crippen LogP contribution is -2.43. The molecule has 2 aromatic heterocycles. The van der Waals surface area contributed by atoms with Crippen LogP contribution in [0.15, 0.2) is 29.3 Å². The van der Waals surface area contributed by atoms with Crippen LogP contribution in [0.4, 0.5) is 0 Å². The van der Waals surface area contributed by atoms with Crippen molar-refractivity contribution in [2.45, 2.75) is 53.5 Å². The Morgan fingerprint density at radius 2 is 1.97 bits per heavy atom. The second-order valence-corrected chi connectivity index (χ2v) is 7.81. The molecule has 0 bridgehead atoms. The number of hydrogen-bond acceptors (Lipinski definition) is 2. The summed E-state index contributed by atoms with van der Waals surface area (Å²) in [5, 5.41) is 12.8. The average molecular weight is 395 g/mol. The van der Waals surface area contributed by atoms with Crippen molar-refractivity contribution >= 4 is 16.9 Å². The van der Waals surface area contributed by atoms with E-state index in [0.29, 0.717) is 0 Å². The molecule has 0 radical (unpaired) electrons. The van der Waals surface area contributed by atoms with Gasteiger partial charge < -0.3 is 15.6 Å². The highest BCUT2D eigenvalue weighted by Crippen LogP contribution is 2.22. The van der Waals surface area contributed by atoms with Crippen LogP contribution in [-0.2, 0) is 19.9 Å². The van der Waals surface area contributed by atoms with E-state index in [1.165, 1.54) is 33.4 Å². The van der Waals surface area contributed by atoms with E-state index in [0.717, 1.165) is 37.6 Å². The van der Waals surface area contributed by atoms with E-state index in [2.05, 4.69) is 79.6 Å². The summed E-state index contributed by atoms with van der Waals surface area (Å²) in [5.41, 5.74) is 7.44. The molecule has 156 valence electrons. The number of benzene rings is 1. The lowest BCUT2D eigenvalue weighted by Gasteiger charge is -2.18. The summed E-state index contributed by atoms with van der Waals surface area (Å²) in [5.74, 6) is 0.872. The Labute approximate surface area is 173 Å². The number of aromatic amines is 1. The van der Waals surface area contributed by atoms with E-state index in [4.69, 9.17) is 4.99 Å². The number of para-hydroxylation sites is 1. The minimum atomic E-state index is 0.268. The Morgan fingerprint density at radius 3 is 2.66 bits per heavy atom. The minimum Gasteiger partial charge on any atom is -0.358 e. The standard InChI is InChI=1S/C23H34N6/c1-7-24-23(26-15(2)14-21-17(4)28-29(6)18(21)5)25-13-12-19-16(3)27-22-11-9-8-10-20(19)22/h8-11,15,27H,7,12-14H2,1-6H3,(H2,24,25,26). The molecule has 0 fully saturated rings. The normalized spacial score (nSPS) is 13.1. The van der Waals surface area contributed by atoms with Crippen LogP contribution in [0.3, 0.4) is 0 Å². The fourth-order valence-corrected chi connectivity index (χ4v) is 3.96. The Kier molecular flexibility index (Phi) is 6.62. The number of nitrogens with zero attached hydrogens (tertiary/aromatic N) is 3. The third-order valence-electron chi connectivity index (χ3n) is 5.56. The van der Waals surface area contributed by atoms with Crippen molar-refractivity contribution in [2.75, 3.05) is 13.1 Å². The largest absolute Gasteiger partial charge is 0.358 e. The van der Waals surface area contributed by atoms with Crippen molar-refractivity contribution in [2.24, 2.45) is 12.0 Å². The van der Waals surface area contributed by atoms with Gasteiger partial charge in [0.2, 0.25) is 0 Å². The Bertz CT molecular complexity index is 994. The van der Waals surface area contributed by atoms with Crippen LogP contribution in [0.2, 0.25) is 0 Å². The van der Waals surface area contributed by atoms with E-state index in [-0.39, 0.29) is 6.04 Å². The van der Waals surface area contributed by atoms with E-state index < -0.39 is 0 Å². The molecule has 1 unspecified atom stereocenters. The number of H-pyrrole nitrogens is 1. The zero-order chi connectivity index (χ0) is 21.0. The smallest absolute Gasteiger partial charge is 0.191 e. The van der Waals surface area contributed by atoms with Gasteiger partial charge in [0.25, 0.3) is 0 Å². The molecule has 0 saturated carbocycles. The zero-order valence-electron chi connectivity index (χ0n) is 18.6. The average Bonchev–Trinajstić information content (AvgIpc) is 3.12. The van der Waals surface area contributed by atoms with Crippen molar-refractivity contribution in [1.82, 2.24) is 25.4 Å². The highest BCUT2D eigenvalue weighted by atomic mass is 15.3. The fraction of sp³-hybridized carbons (Fsp3) is 0.478. The first-order valence-electron chi connectivity index (χ1n) is 10.5.